The third-order valence-electron chi connectivity index (χ3n) is 5.74. The van der Waals surface area contributed by atoms with Gasteiger partial charge in [0.1, 0.15) is 22.1 Å². The minimum atomic E-state index is -0.681. The fourth-order valence-electron chi connectivity index (χ4n) is 4.72. The number of fused-ring (bicyclic) bond motifs is 5. The van der Waals surface area contributed by atoms with Crippen LogP contribution >= 0.6 is 11.6 Å². The maximum Gasteiger partial charge on any atom is 0.343 e. The summed E-state index contributed by atoms with van der Waals surface area (Å²) in [6.07, 6.45) is 5.04. The van der Waals surface area contributed by atoms with Crippen molar-refractivity contribution in [1.29, 1.82) is 0 Å². The van der Waals surface area contributed by atoms with Crippen LogP contribution in [0.5, 0.6) is 0 Å². The Morgan fingerprint density at radius 1 is 1.52 bits per heavy atom. The van der Waals surface area contributed by atoms with Gasteiger partial charge in [-0.1, -0.05) is 31.0 Å². The second kappa shape index (κ2) is 5.84. The van der Waals surface area contributed by atoms with Crippen LogP contribution in [-0.2, 0) is 17.4 Å². The van der Waals surface area contributed by atoms with E-state index in [1.807, 2.05) is 0 Å². The molecule has 1 aromatic carbocycles. The Hall–Kier alpha value is -1.88. The van der Waals surface area contributed by atoms with E-state index in [1.165, 1.54) is 16.9 Å². The first kappa shape index (κ1) is 16.6. The Bertz CT molecular complexity index is 850. The van der Waals surface area contributed by atoms with Crippen molar-refractivity contribution >= 4 is 17.6 Å². The van der Waals surface area contributed by atoms with E-state index in [2.05, 4.69) is 12.0 Å². The highest BCUT2D eigenvalue weighted by Gasteiger charge is 2.59. The van der Waals surface area contributed by atoms with E-state index >= 15 is 0 Å². The number of halogens is 2. The van der Waals surface area contributed by atoms with Crippen LogP contribution in [0.3, 0.4) is 0 Å². The zero-order valence-electron chi connectivity index (χ0n) is 14.3. The largest absolute Gasteiger partial charge is 0.450 e. The molecular weight excluding hydrogens is 343 g/mol. The lowest BCUT2D eigenvalue weighted by molar-refractivity contribution is -0.0410. The lowest BCUT2D eigenvalue weighted by Crippen LogP contribution is -2.34. The Morgan fingerprint density at radius 3 is 3.00 bits per heavy atom. The number of esters is 1. The zero-order chi connectivity index (χ0) is 17.8. The molecule has 0 amide bonds. The Morgan fingerprint density at radius 2 is 2.32 bits per heavy atom. The number of carbonyl (C=O) groups is 1. The summed E-state index contributed by atoms with van der Waals surface area (Å²) in [7, 11) is 1.68. The molecule has 2 bridgehead atoms. The summed E-state index contributed by atoms with van der Waals surface area (Å²) in [6, 6.07) is 4.84. The summed E-state index contributed by atoms with van der Waals surface area (Å²) in [5.74, 6) is -0.258. The highest BCUT2D eigenvalue weighted by atomic mass is 35.5. The first-order valence-electron chi connectivity index (χ1n) is 8.68. The molecule has 4 nitrogen and oxygen atoms in total. The molecule has 3 atom stereocenters. The van der Waals surface area contributed by atoms with Gasteiger partial charge in [-0.05, 0) is 48.4 Å². The van der Waals surface area contributed by atoms with Gasteiger partial charge in [-0.2, -0.15) is 5.10 Å². The molecule has 1 saturated carbocycles. The number of carbonyl (C=O) groups excluding carboxylic acids is 1. The number of aryl methyl sites for hydroxylation is 1. The smallest absolute Gasteiger partial charge is 0.343 e. The van der Waals surface area contributed by atoms with Crippen LogP contribution in [0.15, 0.2) is 24.4 Å². The van der Waals surface area contributed by atoms with E-state index in [0.717, 1.165) is 36.8 Å². The summed E-state index contributed by atoms with van der Waals surface area (Å²) >= 11 is 6.16. The van der Waals surface area contributed by atoms with Gasteiger partial charge < -0.3 is 4.74 Å². The van der Waals surface area contributed by atoms with E-state index < -0.39 is 11.6 Å². The van der Waals surface area contributed by atoms with Crippen molar-refractivity contribution in [2.75, 3.05) is 0 Å². The lowest BCUT2D eigenvalue weighted by Gasteiger charge is -2.33. The molecule has 2 aliphatic rings. The number of nitrogens with zero attached hydrogens (tertiary/aromatic N) is 2. The van der Waals surface area contributed by atoms with Gasteiger partial charge in [-0.3, -0.25) is 4.68 Å². The molecule has 0 N–H and O–H groups in total. The minimum absolute atomic E-state index is 0.189. The van der Waals surface area contributed by atoms with E-state index in [1.54, 1.807) is 19.2 Å². The average molecular weight is 363 g/mol. The topological polar surface area (TPSA) is 44.1 Å². The first-order valence-corrected chi connectivity index (χ1v) is 9.06. The molecule has 132 valence electrons. The summed E-state index contributed by atoms with van der Waals surface area (Å²) in [5, 5.41) is 4.28. The van der Waals surface area contributed by atoms with E-state index in [4.69, 9.17) is 16.3 Å². The summed E-state index contributed by atoms with van der Waals surface area (Å²) in [6.45, 7) is 2.12. The van der Waals surface area contributed by atoms with Crippen molar-refractivity contribution in [3.05, 3.63) is 52.1 Å². The molecule has 4 rings (SSSR count). The van der Waals surface area contributed by atoms with Gasteiger partial charge in [0.2, 0.25) is 0 Å². The van der Waals surface area contributed by atoms with Gasteiger partial charge in [-0.15, -0.1) is 0 Å². The van der Waals surface area contributed by atoms with E-state index in [-0.39, 0.29) is 28.4 Å². The van der Waals surface area contributed by atoms with Crippen LogP contribution in [0.1, 0.15) is 60.0 Å². The van der Waals surface area contributed by atoms with Crippen LogP contribution in [0.25, 0.3) is 0 Å². The SMILES string of the molecule is CCCC1C2CCC1(OC(=O)c1cnn(C)c1Cl)c1ccc(F)cc12. The molecule has 3 unspecified atom stereocenters. The van der Waals surface area contributed by atoms with Crippen LogP contribution in [0.2, 0.25) is 5.15 Å². The fourth-order valence-corrected chi connectivity index (χ4v) is 4.89. The zero-order valence-corrected chi connectivity index (χ0v) is 15.0. The molecule has 1 aromatic heterocycles. The van der Waals surface area contributed by atoms with Crippen LogP contribution in [-0.4, -0.2) is 15.7 Å². The number of rotatable bonds is 4. The summed E-state index contributed by atoms with van der Waals surface area (Å²) < 4.78 is 21.3. The van der Waals surface area contributed by atoms with Gasteiger partial charge >= 0.3 is 5.97 Å². The predicted octanol–water partition coefficient (Wildman–Crippen LogP) is 4.57. The number of hydrogen-bond donors (Lipinski definition) is 0. The second-order valence-electron chi connectivity index (χ2n) is 7.02. The molecule has 1 fully saturated rings. The first-order chi connectivity index (χ1) is 12.0. The second-order valence-corrected chi connectivity index (χ2v) is 7.38. The van der Waals surface area contributed by atoms with Gasteiger partial charge in [-0.25, -0.2) is 9.18 Å². The minimum Gasteiger partial charge on any atom is -0.450 e. The monoisotopic (exact) mass is 362 g/mol. The highest BCUT2D eigenvalue weighted by molar-refractivity contribution is 6.32. The maximum absolute atomic E-state index is 13.8. The Kier molecular flexibility index (Phi) is 3.87. The van der Waals surface area contributed by atoms with Gasteiger partial charge in [0, 0.05) is 13.0 Å². The molecule has 0 radical (unpaired) electrons. The van der Waals surface area contributed by atoms with Crippen molar-refractivity contribution in [3.63, 3.8) is 0 Å². The van der Waals surface area contributed by atoms with Crippen molar-refractivity contribution in [2.45, 2.75) is 44.1 Å². The van der Waals surface area contributed by atoms with Gasteiger partial charge in [0.05, 0.1) is 6.20 Å². The molecule has 25 heavy (non-hydrogen) atoms. The van der Waals surface area contributed by atoms with Crippen LogP contribution in [0.4, 0.5) is 4.39 Å². The number of aromatic nitrogens is 2. The van der Waals surface area contributed by atoms with E-state index in [9.17, 15) is 9.18 Å². The normalized spacial score (nSPS) is 26.7. The Labute approximate surface area is 150 Å². The van der Waals surface area contributed by atoms with Crippen LogP contribution in [0, 0.1) is 11.7 Å². The van der Waals surface area contributed by atoms with Gasteiger partial charge in [0.15, 0.2) is 0 Å². The highest BCUT2D eigenvalue weighted by Crippen LogP contribution is 2.63. The number of hydrogen-bond acceptors (Lipinski definition) is 3. The third kappa shape index (κ3) is 2.32. The molecule has 2 aliphatic carbocycles. The van der Waals surface area contributed by atoms with Gasteiger partial charge in [0.25, 0.3) is 0 Å². The molecule has 0 saturated heterocycles. The lowest BCUT2D eigenvalue weighted by atomic mass is 9.85. The predicted molar refractivity (Wildman–Crippen MR) is 92.1 cm³/mol. The van der Waals surface area contributed by atoms with Crippen LogP contribution < -0.4 is 0 Å². The Balaban J connectivity index is 1.75. The molecule has 2 aromatic rings. The third-order valence-corrected chi connectivity index (χ3v) is 6.19. The standard InChI is InChI=1S/C19H20ClFN2O2/c1-3-4-15-12-7-8-19(15,16-6-5-11(21)9-13(12)16)25-18(24)14-10-22-23(2)17(14)20/h5-6,9-10,12,15H,3-4,7-8H2,1-2H3. The molecular formula is C19H20ClFN2O2. The quantitative estimate of drug-likeness (QED) is 0.748. The molecule has 6 heteroatoms. The maximum atomic E-state index is 13.8. The van der Waals surface area contributed by atoms with Crippen molar-refractivity contribution in [1.82, 2.24) is 9.78 Å². The van der Waals surface area contributed by atoms with E-state index in [0.29, 0.717) is 0 Å². The average Bonchev–Trinajstić information content (AvgIpc) is 3.17. The van der Waals surface area contributed by atoms with Crippen molar-refractivity contribution in [3.8, 4) is 0 Å². The molecule has 0 spiro atoms. The number of ether oxygens (including phenoxy) is 1. The molecule has 0 aliphatic heterocycles. The summed E-state index contributed by atoms with van der Waals surface area (Å²) in [5.41, 5.74) is 1.54. The number of benzene rings is 1. The van der Waals surface area contributed by atoms with Crippen molar-refractivity contribution in [2.24, 2.45) is 13.0 Å². The fraction of sp³-hybridized carbons (Fsp3) is 0.474. The molecule has 1 heterocycles. The van der Waals surface area contributed by atoms with Crippen molar-refractivity contribution < 1.29 is 13.9 Å². The summed E-state index contributed by atoms with van der Waals surface area (Å²) in [4.78, 5) is 12.8.